The average molecular weight is 290 g/mol. The minimum atomic E-state index is -0.168. The normalized spacial score (nSPS) is 18.7. The van der Waals surface area contributed by atoms with Crippen molar-refractivity contribution in [2.45, 2.75) is 33.3 Å². The summed E-state index contributed by atoms with van der Waals surface area (Å²) >= 11 is 0. The Kier molecular flexibility index (Phi) is 4.96. The predicted molar refractivity (Wildman–Crippen MR) is 81.3 cm³/mol. The smallest absolute Gasteiger partial charge is 0.253 e. The molecule has 1 aromatic carbocycles. The van der Waals surface area contributed by atoms with E-state index < -0.39 is 0 Å². The lowest BCUT2D eigenvalue weighted by Crippen LogP contribution is -2.50. The summed E-state index contributed by atoms with van der Waals surface area (Å²) in [5.41, 5.74) is 3.15. The molecule has 0 radical (unpaired) electrons. The highest BCUT2D eigenvalue weighted by atomic mass is 16.5. The number of hydrogen-bond donors (Lipinski definition) is 1. The molecule has 1 aliphatic heterocycles. The van der Waals surface area contributed by atoms with E-state index in [1.807, 2.05) is 32.9 Å². The van der Waals surface area contributed by atoms with Crippen LogP contribution in [0.25, 0.3) is 0 Å². The van der Waals surface area contributed by atoms with Gasteiger partial charge in [-0.05, 0) is 37.1 Å². The number of benzene rings is 1. The van der Waals surface area contributed by atoms with Crippen LogP contribution in [0.3, 0.4) is 0 Å². The Bertz CT molecular complexity index is 522. The highest BCUT2D eigenvalue weighted by Crippen LogP contribution is 2.21. The number of rotatable bonds is 4. The molecule has 1 aromatic rings. The maximum absolute atomic E-state index is 12.1. The van der Waals surface area contributed by atoms with E-state index in [0.29, 0.717) is 19.5 Å². The van der Waals surface area contributed by atoms with Crippen LogP contribution in [0.4, 0.5) is 5.69 Å². The van der Waals surface area contributed by atoms with Crippen LogP contribution in [0.2, 0.25) is 0 Å². The van der Waals surface area contributed by atoms with Crippen molar-refractivity contribution in [3.63, 3.8) is 0 Å². The van der Waals surface area contributed by atoms with Crippen LogP contribution in [-0.2, 0) is 14.3 Å². The van der Waals surface area contributed by atoms with Crippen molar-refractivity contribution in [1.29, 1.82) is 0 Å². The fraction of sp³-hybridized carbons (Fsp3) is 0.500. The number of amides is 2. The van der Waals surface area contributed by atoms with Gasteiger partial charge in [-0.2, -0.15) is 0 Å². The Morgan fingerprint density at radius 2 is 2.00 bits per heavy atom. The molecule has 5 nitrogen and oxygen atoms in total. The fourth-order valence-corrected chi connectivity index (χ4v) is 2.46. The van der Waals surface area contributed by atoms with Crippen LogP contribution < -0.4 is 10.2 Å². The molecule has 0 aromatic heterocycles. The molecular formula is C16H22N2O3. The quantitative estimate of drug-likeness (QED) is 0.915. The molecule has 0 saturated carbocycles. The summed E-state index contributed by atoms with van der Waals surface area (Å²) in [7, 11) is 0. The second-order valence-electron chi connectivity index (χ2n) is 5.44. The number of anilines is 1. The zero-order valence-electron chi connectivity index (χ0n) is 12.8. The van der Waals surface area contributed by atoms with E-state index in [9.17, 15) is 9.59 Å². The van der Waals surface area contributed by atoms with Gasteiger partial charge in [-0.15, -0.1) is 0 Å². The molecule has 21 heavy (non-hydrogen) atoms. The molecule has 114 valence electrons. The van der Waals surface area contributed by atoms with Crippen molar-refractivity contribution in [1.82, 2.24) is 5.32 Å². The van der Waals surface area contributed by atoms with E-state index in [-0.39, 0.29) is 24.5 Å². The maximum Gasteiger partial charge on any atom is 0.253 e. The highest BCUT2D eigenvalue weighted by Gasteiger charge is 2.27. The van der Waals surface area contributed by atoms with Crippen molar-refractivity contribution >= 4 is 17.5 Å². The predicted octanol–water partition coefficient (Wildman–Crippen LogP) is 1.56. The lowest BCUT2D eigenvalue weighted by atomic mass is 10.1. The Labute approximate surface area is 125 Å². The van der Waals surface area contributed by atoms with Crippen LogP contribution >= 0.6 is 0 Å². The molecule has 1 fully saturated rings. The average Bonchev–Trinajstić information content (AvgIpc) is 2.45. The van der Waals surface area contributed by atoms with Gasteiger partial charge in [-0.3, -0.25) is 9.59 Å². The van der Waals surface area contributed by atoms with Crippen LogP contribution in [-0.4, -0.2) is 37.6 Å². The maximum atomic E-state index is 12.1. The van der Waals surface area contributed by atoms with E-state index in [1.165, 1.54) is 0 Å². The molecular weight excluding hydrogens is 268 g/mol. The Morgan fingerprint density at radius 1 is 1.33 bits per heavy atom. The third-order valence-electron chi connectivity index (χ3n) is 3.50. The third kappa shape index (κ3) is 4.04. The van der Waals surface area contributed by atoms with Gasteiger partial charge in [0.1, 0.15) is 6.61 Å². The van der Waals surface area contributed by atoms with Crippen LogP contribution in [0.15, 0.2) is 18.2 Å². The molecule has 2 amide bonds. The first-order valence-electron chi connectivity index (χ1n) is 7.26. The molecule has 0 aliphatic carbocycles. The topological polar surface area (TPSA) is 58.6 Å². The minimum Gasteiger partial charge on any atom is -0.365 e. The van der Waals surface area contributed by atoms with Crippen molar-refractivity contribution < 1.29 is 14.3 Å². The Hall–Kier alpha value is -1.88. The Morgan fingerprint density at radius 3 is 2.62 bits per heavy atom. The highest BCUT2D eigenvalue weighted by molar-refractivity contribution is 5.95. The molecule has 1 saturated heterocycles. The van der Waals surface area contributed by atoms with Gasteiger partial charge >= 0.3 is 0 Å². The van der Waals surface area contributed by atoms with Crippen molar-refractivity contribution in [2.24, 2.45) is 0 Å². The van der Waals surface area contributed by atoms with Gasteiger partial charge in [0, 0.05) is 18.7 Å². The monoisotopic (exact) mass is 290 g/mol. The molecule has 5 heteroatoms. The summed E-state index contributed by atoms with van der Waals surface area (Å²) in [6.45, 7) is 6.79. The van der Waals surface area contributed by atoms with E-state index in [2.05, 4.69) is 11.4 Å². The van der Waals surface area contributed by atoms with Gasteiger partial charge in [0.2, 0.25) is 5.91 Å². The zero-order chi connectivity index (χ0) is 15.4. The van der Waals surface area contributed by atoms with E-state index >= 15 is 0 Å². The number of aryl methyl sites for hydroxylation is 2. The number of morpholine rings is 1. The number of hydrogen-bond acceptors (Lipinski definition) is 3. The van der Waals surface area contributed by atoms with Gasteiger partial charge < -0.3 is 15.0 Å². The molecule has 1 atom stereocenters. The van der Waals surface area contributed by atoms with Crippen LogP contribution in [0, 0.1) is 13.8 Å². The molecule has 0 spiro atoms. The van der Waals surface area contributed by atoms with Gasteiger partial charge in [-0.1, -0.05) is 13.0 Å². The first-order chi connectivity index (χ1) is 9.99. The standard InChI is InChI=1S/C16H22N2O3/c1-4-15(19)17-8-14-9-18(16(20)10-21-14)13-6-11(2)5-12(3)7-13/h5-7,14H,4,8-10H2,1-3H3,(H,17,19). The van der Waals surface area contributed by atoms with E-state index in [4.69, 9.17) is 4.74 Å². The van der Waals surface area contributed by atoms with Crippen LogP contribution in [0.1, 0.15) is 24.5 Å². The molecule has 1 N–H and O–H groups in total. The van der Waals surface area contributed by atoms with Crippen molar-refractivity contribution in [2.75, 3.05) is 24.6 Å². The zero-order valence-corrected chi connectivity index (χ0v) is 12.8. The molecule has 1 heterocycles. The molecule has 1 aliphatic rings. The van der Waals surface area contributed by atoms with Gasteiger partial charge in [0.25, 0.3) is 5.91 Å². The summed E-state index contributed by atoms with van der Waals surface area (Å²) in [5.74, 6) is -0.0495. The number of nitrogens with one attached hydrogen (secondary N) is 1. The summed E-state index contributed by atoms with van der Waals surface area (Å²) < 4.78 is 5.49. The van der Waals surface area contributed by atoms with E-state index in [0.717, 1.165) is 16.8 Å². The molecule has 2 rings (SSSR count). The Balaban J connectivity index is 2.07. The first-order valence-corrected chi connectivity index (χ1v) is 7.26. The van der Waals surface area contributed by atoms with Gasteiger partial charge in [-0.25, -0.2) is 0 Å². The fourth-order valence-electron chi connectivity index (χ4n) is 2.46. The third-order valence-corrected chi connectivity index (χ3v) is 3.50. The lowest BCUT2D eigenvalue weighted by Gasteiger charge is -2.33. The largest absolute Gasteiger partial charge is 0.365 e. The number of ether oxygens (including phenoxy) is 1. The van der Waals surface area contributed by atoms with E-state index in [1.54, 1.807) is 4.90 Å². The minimum absolute atomic E-state index is 0.00606. The van der Waals surface area contributed by atoms with Crippen LogP contribution in [0.5, 0.6) is 0 Å². The molecule has 1 unspecified atom stereocenters. The van der Waals surface area contributed by atoms with Gasteiger partial charge in [0.15, 0.2) is 0 Å². The first kappa shape index (κ1) is 15.5. The number of carbonyl (C=O) groups is 2. The second kappa shape index (κ2) is 6.72. The summed E-state index contributed by atoms with van der Waals surface area (Å²) in [6, 6.07) is 6.07. The van der Waals surface area contributed by atoms with Crippen molar-refractivity contribution in [3.05, 3.63) is 29.3 Å². The lowest BCUT2D eigenvalue weighted by molar-refractivity contribution is -0.129. The second-order valence-corrected chi connectivity index (χ2v) is 5.44. The SMILES string of the molecule is CCC(=O)NCC1CN(c2cc(C)cc(C)c2)C(=O)CO1. The van der Waals surface area contributed by atoms with Gasteiger partial charge in [0.05, 0.1) is 12.6 Å². The number of nitrogens with zero attached hydrogens (tertiary/aromatic N) is 1. The summed E-state index contributed by atoms with van der Waals surface area (Å²) in [4.78, 5) is 25.1. The summed E-state index contributed by atoms with van der Waals surface area (Å²) in [5, 5.41) is 2.81. The van der Waals surface area contributed by atoms with Crippen molar-refractivity contribution in [3.8, 4) is 0 Å². The number of carbonyl (C=O) groups excluding carboxylic acids is 2. The molecule has 0 bridgehead atoms. The summed E-state index contributed by atoms with van der Waals surface area (Å²) in [6.07, 6.45) is 0.283.